The molecule has 0 unspecified atom stereocenters. The molecular weight excluding hydrogens is 312 g/mol. The van der Waals surface area contributed by atoms with Gasteiger partial charge in [-0.25, -0.2) is 9.97 Å². The minimum Gasteiger partial charge on any atom is -0.383 e. The number of nitrogen functional groups attached to an aromatic ring is 1. The quantitative estimate of drug-likeness (QED) is 0.708. The number of nitrogens with zero attached hydrogens (tertiary/aromatic N) is 3. The monoisotopic (exact) mass is 324 g/mol. The highest BCUT2D eigenvalue weighted by atomic mass is 79.9. The lowest BCUT2D eigenvalue weighted by atomic mass is 10.2. The molecule has 1 amide bonds. The van der Waals surface area contributed by atoms with Crippen molar-refractivity contribution < 1.29 is 4.79 Å². The van der Waals surface area contributed by atoms with Gasteiger partial charge in [-0.05, 0) is 28.4 Å². The van der Waals surface area contributed by atoms with Crippen molar-refractivity contribution in [2.75, 3.05) is 12.3 Å². The first-order chi connectivity index (χ1) is 9.16. The summed E-state index contributed by atoms with van der Waals surface area (Å²) in [6.45, 7) is 0.533. The van der Waals surface area contributed by atoms with Gasteiger partial charge in [-0.2, -0.15) is 5.10 Å². The van der Waals surface area contributed by atoms with Crippen LogP contribution in [0.1, 0.15) is 22.6 Å². The minimum absolute atomic E-state index is 0.218. The topological polar surface area (TPSA) is 110 Å². The molecule has 0 aliphatic heterocycles. The summed E-state index contributed by atoms with van der Waals surface area (Å²) in [6, 6.07) is 1.65. The molecule has 2 rings (SSSR count). The van der Waals surface area contributed by atoms with Crippen LogP contribution in [0.3, 0.4) is 0 Å². The zero-order valence-corrected chi connectivity index (χ0v) is 11.6. The van der Waals surface area contributed by atoms with E-state index in [0.717, 1.165) is 18.7 Å². The van der Waals surface area contributed by atoms with Crippen molar-refractivity contribution in [1.82, 2.24) is 25.5 Å². The van der Waals surface area contributed by atoms with Crippen molar-refractivity contribution in [3.8, 4) is 0 Å². The molecule has 4 N–H and O–H groups in total. The van der Waals surface area contributed by atoms with Crippen LogP contribution in [-0.2, 0) is 6.42 Å². The first kappa shape index (κ1) is 13.5. The Kier molecular flexibility index (Phi) is 4.45. The van der Waals surface area contributed by atoms with Gasteiger partial charge in [0.05, 0.1) is 5.56 Å². The molecule has 0 spiro atoms. The summed E-state index contributed by atoms with van der Waals surface area (Å²) < 4.78 is 0.716. The predicted octanol–water partition coefficient (Wildman–Crippen LogP) is 0.907. The number of pyridine rings is 1. The average molecular weight is 325 g/mol. The summed E-state index contributed by atoms with van der Waals surface area (Å²) >= 11 is 3.26. The number of aromatic nitrogens is 4. The van der Waals surface area contributed by atoms with Crippen LogP contribution in [-0.4, -0.2) is 32.6 Å². The minimum atomic E-state index is -0.233. The van der Waals surface area contributed by atoms with Crippen molar-refractivity contribution in [3.63, 3.8) is 0 Å². The van der Waals surface area contributed by atoms with Crippen LogP contribution in [0.15, 0.2) is 23.1 Å². The molecule has 0 atom stereocenters. The Morgan fingerprint density at radius 1 is 1.47 bits per heavy atom. The van der Waals surface area contributed by atoms with Gasteiger partial charge in [-0.15, -0.1) is 0 Å². The Hall–Kier alpha value is -1.96. The highest BCUT2D eigenvalue weighted by Gasteiger charge is 2.10. The van der Waals surface area contributed by atoms with E-state index >= 15 is 0 Å². The summed E-state index contributed by atoms with van der Waals surface area (Å²) in [7, 11) is 0. The number of nitrogens with two attached hydrogens (primary N) is 1. The van der Waals surface area contributed by atoms with Crippen molar-refractivity contribution >= 4 is 27.7 Å². The van der Waals surface area contributed by atoms with Gasteiger partial charge in [0.25, 0.3) is 5.91 Å². The van der Waals surface area contributed by atoms with Crippen LogP contribution >= 0.6 is 15.9 Å². The molecule has 19 heavy (non-hydrogen) atoms. The molecule has 0 aromatic carbocycles. The van der Waals surface area contributed by atoms with Crippen molar-refractivity contribution in [1.29, 1.82) is 0 Å². The van der Waals surface area contributed by atoms with E-state index in [9.17, 15) is 4.79 Å². The number of aromatic amines is 1. The molecule has 0 aliphatic rings. The van der Waals surface area contributed by atoms with Gasteiger partial charge in [-0.3, -0.25) is 9.89 Å². The van der Waals surface area contributed by atoms with Gasteiger partial charge in [0.15, 0.2) is 0 Å². The molecule has 0 fully saturated rings. The number of carbonyl (C=O) groups is 1. The Bertz CT molecular complexity index is 556. The summed E-state index contributed by atoms with van der Waals surface area (Å²) in [6.07, 6.45) is 4.51. The van der Waals surface area contributed by atoms with Gasteiger partial charge < -0.3 is 11.1 Å². The molecule has 8 heteroatoms. The number of hydrogen-bond acceptors (Lipinski definition) is 5. The molecule has 0 radical (unpaired) electrons. The zero-order chi connectivity index (χ0) is 13.7. The van der Waals surface area contributed by atoms with Gasteiger partial charge >= 0.3 is 0 Å². The maximum absolute atomic E-state index is 11.9. The van der Waals surface area contributed by atoms with Crippen molar-refractivity contribution in [2.45, 2.75) is 12.8 Å². The lowest BCUT2D eigenvalue weighted by Gasteiger charge is -2.06. The van der Waals surface area contributed by atoms with Crippen LogP contribution in [0.25, 0.3) is 0 Å². The largest absolute Gasteiger partial charge is 0.383 e. The van der Waals surface area contributed by atoms with Crippen LogP contribution in [0.5, 0.6) is 0 Å². The van der Waals surface area contributed by atoms with Crippen LogP contribution in [0.4, 0.5) is 5.82 Å². The lowest BCUT2D eigenvalue weighted by Crippen LogP contribution is -2.26. The standard InChI is InChI=1S/C11H13BrN6O/c12-7-4-8(10(13)15-5-7)11(19)14-3-1-2-9-16-6-17-18-9/h4-6H,1-3H2,(H2,13,15)(H,14,19)(H,16,17,18). The van der Waals surface area contributed by atoms with Crippen LogP contribution < -0.4 is 11.1 Å². The highest BCUT2D eigenvalue weighted by molar-refractivity contribution is 9.10. The maximum atomic E-state index is 11.9. The van der Waals surface area contributed by atoms with E-state index in [2.05, 4.69) is 41.4 Å². The Balaban J connectivity index is 1.82. The molecular formula is C11H13BrN6O. The van der Waals surface area contributed by atoms with Gasteiger partial charge in [0.1, 0.15) is 18.0 Å². The number of rotatable bonds is 5. The Labute approximate surface area is 118 Å². The van der Waals surface area contributed by atoms with E-state index in [-0.39, 0.29) is 11.7 Å². The van der Waals surface area contributed by atoms with E-state index in [1.807, 2.05) is 0 Å². The fourth-order valence-corrected chi connectivity index (χ4v) is 1.87. The molecule has 0 saturated carbocycles. The van der Waals surface area contributed by atoms with Crippen LogP contribution in [0.2, 0.25) is 0 Å². The average Bonchev–Trinajstić information content (AvgIpc) is 2.90. The summed E-state index contributed by atoms with van der Waals surface area (Å²) in [5, 5.41) is 9.30. The second kappa shape index (κ2) is 6.28. The van der Waals surface area contributed by atoms with Crippen LogP contribution in [0, 0.1) is 0 Å². The van der Waals surface area contributed by atoms with Crippen molar-refractivity contribution in [3.05, 3.63) is 34.5 Å². The summed E-state index contributed by atoms with van der Waals surface area (Å²) in [5.41, 5.74) is 6.03. The molecule has 2 aromatic rings. The molecule has 0 bridgehead atoms. The van der Waals surface area contributed by atoms with E-state index in [0.29, 0.717) is 16.6 Å². The summed E-state index contributed by atoms with van der Waals surface area (Å²) in [4.78, 5) is 19.8. The SMILES string of the molecule is Nc1ncc(Br)cc1C(=O)NCCCc1ncn[nH]1. The van der Waals surface area contributed by atoms with E-state index in [1.54, 1.807) is 12.3 Å². The number of nitrogens with one attached hydrogen (secondary N) is 2. The lowest BCUT2D eigenvalue weighted by molar-refractivity contribution is 0.0953. The normalized spacial score (nSPS) is 10.4. The van der Waals surface area contributed by atoms with Gasteiger partial charge in [-0.1, -0.05) is 0 Å². The molecule has 0 aliphatic carbocycles. The second-order valence-corrected chi connectivity index (χ2v) is 4.79. The Morgan fingerprint density at radius 3 is 3.05 bits per heavy atom. The van der Waals surface area contributed by atoms with Gasteiger partial charge in [0.2, 0.25) is 0 Å². The first-order valence-electron chi connectivity index (χ1n) is 5.70. The third-order valence-electron chi connectivity index (χ3n) is 2.47. The number of H-pyrrole nitrogens is 1. The highest BCUT2D eigenvalue weighted by Crippen LogP contribution is 2.15. The number of hydrogen-bond donors (Lipinski definition) is 3. The third-order valence-corrected chi connectivity index (χ3v) is 2.90. The van der Waals surface area contributed by atoms with E-state index < -0.39 is 0 Å². The maximum Gasteiger partial charge on any atom is 0.255 e. The number of aryl methyl sites for hydroxylation is 1. The number of halogens is 1. The van der Waals surface area contributed by atoms with E-state index in [1.165, 1.54) is 6.33 Å². The van der Waals surface area contributed by atoms with Gasteiger partial charge in [0, 0.05) is 23.6 Å². The third kappa shape index (κ3) is 3.75. The number of amides is 1. The second-order valence-electron chi connectivity index (χ2n) is 3.88. The molecule has 2 heterocycles. The predicted molar refractivity (Wildman–Crippen MR) is 73.4 cm³/mol. The fourth-order valence-electron chi connectivity index (χ4n) is 1.54. The molecule has 7 nitrogen and oxygen atoms in total. The zero-order valence-electron chi connectivity index (χ0n) is 10.1. The first-order valence-corrected chi connectivity index (χ1v) is 6.49. The number of anilines is 1. The fraction of sp³-hybridized carbons (Fsp3) is 0.273. The van der Waals surface area contributed by atoms with Crippen molar-refractivity contribution in [2.24, 2.45) is 0 Å². The summed E-state index contributed by atoms with van der Waals surface area (Å²) in [5.74, 6) is 0.790. The van der Waals surface area contributed by atoms with E-state index in [4.69, 9.17) is 5.73 Å². The Morgan fingerprint density at radius 2 is 2.32 bits per heavy atom. The smallest absolute Gasteiger partial charge is 0.255 e. The molecule has 100 valence electrons. The number of carbonyl (C=O) groups excluding carboxylic acids is 1. The molecule has 0 saturated heterocycles. The molecule has 2 aromatic heterocycles.